The molecule has 1 aliphatic heterocycles. The van der Waals surface area contributed by atoms with Crippen LogP contribution in [0.15, 0.2) is 137 Å². The molecule has 52 heavy (non-hydrogen) atoms. The SMILES string of the molecule is [C-]#[N+]C([N+]#[C-])=C(/C(C#N)=C/C=C/C1=C(N2CCN(C(=O)OCC)CC2)C(=C/C=C/C(=C=N)/C(=C(/C#N)[N+]#[C-])c2ccccc2)/CC1)c1ccccc1. The lowest BCUT2D eigenvalue weighted by molar-refractivity contribution is 0.0873. The molecule has 0 saturated carbocycles. The summed E-state index contributed by atoms with van der Waals surface area (Å²) < 4.78 is 5.21. The lowest BCUT2D eigenvalue weighted by Crippen LogP contribution is -2.48. The number of carbonyl (C=O) groups excluding carboxylic acids is 1. The van der Waals surface area contributed by atoms with Crippen molar-refractivity contribution in [2.24, 2.45) is 0 Å². The number of amides is 1. The highest BCUT2D eigenvalue weighted by Crippen LogP contribution is 2.36. The lowest BCUT2D eigenvalue weighted by atomic mass is 9.96. The zero-order valence-electron chi connectivity index (χ0n) is 28.6. The van der Waals surface area contributed by atoms with Crippen LogP contribution in [0.1, 0.15) is 30.9 Å². The molecule has 1 amide bonds. The van der Waals surface area contributed by atoms with Crippen LogP contribution in [0.4, 0.5) is 4.79 Å². The Morgan fingerprint density at radius 2 is 1.52 bits per heavy atom. The summed E-state index contributed by atoms with van der Waals surface area (Å²) in [6, 6.07) is 22.0. The van der Waals surface area contributed by atoms with Crippen molar-refractivity contribution in [2.75, 3.05) is 32.8 Å². The standard InChI is InChI=1S/C42H34N8O2/c1-5-52-42(51)50-26-24-49(25-27-50)40-33(18-12-20-35(28-43)38(37(30-45)46-2)31-14-8-6-9-15-31)22-23-34(40)19-13-21-36(29-44)39(41(47-3)48-4)32-16-10-7-11-17-32/h6-21,43H,5,22-27H2,1H3/b19-13+,20-12+,33-18+,36-21+,38-37-. The molecule has 1 fully saturated rings. The van der Waals surface area contributed by atoms with Crippen molar-refractivity contribution in [2.45, 2.75) is 19.8 Å². The monoisotopic (exact) mass is 682 g/mol. The van der Waals surface area contributed by atoms with Crippen molar-refractivity contribution in [3.05, 3.63) is 182 Å². The van der Waals surface area contributed by atoms with Crippen molar-refractivity contribution in [1.29, 1.82) is 15.9 Å². The van der Waals surface area contributed by atoms with Crippen molar-refractivity contribution in [3.8, 4) is 12.1 Å². The Kier molecular flexibility index (Phi) is 13.6. The first-order chi connectivity index (χ1) is 25.4. The number of ether oxygens (including phenoxy) is 1. The molecule has 0 bridgehead atoms. The second-order valence-electron chi connectivity index (χ2n) is 11.3. The molecule has 1 N–H and O–H groups in total. The van der Waals surface area contributed by atoms with Crippen molar-refractivity contribution in [1.82, 2.24) is 9.80 Å². The van der Waals surface area contributed by atoms with E-state index in [1.165, 1.54) is 0 Å². The summed E-state index contributed by atoms with van der Waals surface area (Å²) in [6.07, 6.45) is 11.7. The van der Waals surface area contributed by atoms with E-state index in [1.54, 1.807) is 84.7 Å². The first kappa shape index (κ1) is 37.4. The zero-order chi connectivity index (χ0) is 37.3. The van der Waals surface area contributed by atoms with Crippen LogP contribution in [-0.4, -0.2) is 54.5 Å². The average Bonchev–Trinajstić information content (AvgIpc) is 3.59. The van der Waals surface area contributed by atoms with E-state index >= 15 is 0 Å². The number of piperazine rings is 1. The molecule has 0 spiro atoms. The quantitative estimate of drug-likeness (QED) is 0.117. The highest BCUT2D eigenvalue weighted by molar-refractivity contribution is 5.94. The van der Waals surface area contributed by atoms with Crippen LogP contribution in [0.3, 0.4) is 0 Å². The molecule has 2 aromatic carbocycles. The molecule has 1 aliphatic carbocycles. The zero-order valence-corrected chi connectivity index (χ0v) is 28.6. The molecule has 0 aromatic heterocycles. The molecule has 2 aliphatic rings. The molecule has 2 aromatic rings. The number of hydrogen-bond donors (Lipinski definition) is 1. The highest BCUT2D eigenvalue weighted by Gasteiger charge is 2.28. The average molecular weight is 683 g/mol. The fraction of sp³-hybridized carbons (Fsp3) is 0.190. The number of rotatable bonds is 10. The normalized spacial score (nSPS) is 15.5. The Bertz CT molecular complexity index is 2140. The highest BCUT2D eigenvalue weighted by atomic mass is 16.6. The first-order valence-corrected chi connectivity index (χ1v) is 16.4. The minimum absolute atomic E-state index is 0.137. The van der Waals surface area contributed by atoms with E-state index in [1.807, 2.05) is 30.4 Å². The van der Waals surface area contributed by atoms with Crippen molar-refractivity contribution < 1.29 is 9.53 Å². The van der Waals surface area contributed by atoms with Gasteiger partial charge in [0.2, 0.25) is 0 Å². The van der Waals surface area contributed by atoms with Crippen LogP contribution in [0.5, 0.6) is 0 Å². The number of hydrogen-bond acceptors (Lipinski definition) is 6. The van der Waals surface area contributed by atoms with Crippen LogP contribution >= 0.6 is 0 Å². The van der Waals surface area contributed by atoms with Gasteiger partial charge in [-0.05, 0) is 60.1 Å². The summed E-state index contributed by atoms with van der Waals surface area (Å²) in [5.74, 6) is 2.22. The molecule has 254 valence electrons. The van der Waals surface area contributed by atoms with E-state index in [-0.39, 0.29) is 34.3 Å². The first-order valence-electron chi connectivity index (χ1n) is 16.4. The van der Waals surface area contributed by atoms with E-state index in [4.69, 9.17) is 29.9 Å². The minimum Gasteiger partial charge on any atom is -0.450 e. The minimum atomic E-state index is -0.347. The van der Waals surface area contributed by atoms with Crippen LogP contribution in [0.25, 0.3) is 25.7 Å². The van der Waals surface area contributed by atoms with Crippen molar-refractivity contribution in [3.63, 3.8) is 0 Å². The molecule has 0 unspecified atom stereocenters. The van der Waals surface area contributed by atoms with E-state index in [2.05, 4.69) is 31.4 Å². The number of carbonyl (C=O) groups is 1. The van der Waals surface area contributed by atoms with E-state index in [0.29, 0.717) is 62.3 Å². The summed E-state index contributed by atoms with van der Waals surface area (Å²) in [4.78, 5) is 26.5. The van der Waals surface area contributed by atoms with Gasteiger partial charge in [-0.25, -0.2) is 14.9 Å². The Labute approximate surface area is 304 Å². The van der Waals surface area contributed by atoms with Crippen LogP contribution in [0.2, 0.25) is 0 Å². The maximum atomic E-state index is 12.4. The Balaban J connectivity index is 1.75. The third-order valence-electron chi connectivity index (χ3n) is 8.32. The van der Waals surface area contributed by atoms with Gasteiger partial charge in [-0.3, -0.25) is 5.41 Å². The summed E-state index contributed by atoms with van der Waals surface area (Å²) in [6.45, 7) is 26.8. The molecule has 1 heterocycles. The molecule has 0 atom stereocenters. The number of nitriles is 2. The third-order valence-corrected chi connectivity index (χ3v) is 8.32. The van der Waals surface area contributed by atoms with Gasteiger partial charge in [0, 0.05) is 43.0 Å². The molecular formula is C42H34N8O2. The van der Waals surface area contributed by atoms with Gasteiger partial charge in [0.1, 0.15) is 13.1 Å². The van der Waals surface area contributed by atoms with Gasteiger partial charge < -0.3 is 14.5 Å². The molecule has 10 nitrogen and oxygen atoms in total. The van der Waals surface area contributed by atoms with Crippen LogP contribution < -0.4 is 0 Å². The third kappa shape index (κ3) is 8.98. The van der Waals surface area contributed by atoms with Crippen LogP contribution in [0, 0.1) is 47.8 Å². The van der Waals surface area contributed by atoms with E-state index < -0.39 is 0 Å². The maximum absolute atomic E-state index is 12.4. The van der Waals surface area contributed by atoms with Gasteiger partial charge in [-0.1, -0.05) is 85.0 Å². The van der Waals surface area contributed by atoms with Gasteiger partial charge in [-0.2, -0.15) is 15.0 Å². The summed E-state index contributed by atoms with van der Waals surface area (Å²) in [5, 5.41) is 27.8. The molecule has 1 saturated heterocycles. The number of allylic oxidation sites excluding steroid dienone is 13. The lowest BCUT2D eigenvalue weighted by Gasteiger charge is -2.37. The molecule has 10 heteroatoms. The van der Waals surface area contributed by atoms with Gasteiger partial charge in [0.05, 0.1) is 36.5 Å². The second kappa shape index (κ2) is 19.0. The molecular weight excluding hydrogens is 649 g/mol. The van der Waals surface area contributed by atoms with Gasteiger partial charge in [0.15, 0.2) is 0 Å². The second-order valence-corrected chi connectivity index (χ2v) is 11.3. The number of nitrogens with one attached hydrogen (secondary N) is 1. The molecule has 4 rings (SSSR count). The van der Waals surface area contributed by atoms with E-state index in [0.717, 1.165) is 16.8 Å². The molecule has 0 radical (unpaired) electrons. The Hall–Kier alpha value is -7.41. The predicted octanol–water partition coefficient (Wildman–Crippen LogP) is 8.53. The summed E-state index contributed by atoms with van der Waals surface area (Å²) in [7, 11) is 0. The van der Waals surface area contributed by atoms with Crippen molar-refractivity contribution >= 4 is 23.1 Å². The smallest absolute Gasteiger partial charge is 0.450 e. The van der Waals surface area contributed by atoms with Gasteiger partial charge >= 0.3 is 11.9 Å². The Morgan fingerprint density at radius 1 is 0.885 bits per heavy atom. The van der Waals surface area contributed by atoms with E-state index in [9.17, 15) is 15.3 Å². The maximum Gasteiger partial charge on any atom is 0.528 e. The van der Waals surface area contributed by atoms with Gasteiger partial charge in [0.25, 0.3) is 5.70 Å². The summed E-state index contributed by atoms with van der Waals surface area (Å²) >= 11 is 0. The van der Waals surface area contributed by atoms with Gasteiger partial charge in [-0.15, -0.1) is 0 Å². The largest absolute Gasteiger partial charge is 0.528 e. The fourth-order valence-electron chi connectivity index (χ4n) is 5.96. The number of nitrogens with zero attached hydrogens (tertiary/aromatic N) is 7. The topological polar surface area (TPSA) is 117 Å². The summed E-state index contributed by atoms with van der Waals surface area (Å²) in [5.41, 5.74) is 5.17. The predicted molar refractivity (Wildman–Crippen MR) is 200 cm³/mol. The fourth-order valence-corrected chi connectivity index (χ4v) is 5.96. The number of benzene rings is 2. The Morgan fingerprint density at radius 3 is 2.06 bits per heavy atom. The van der Waals surface area contributed by atoms with Crippen LogP contribution in [-0.2, 0) is 4.74 Å².